The van der Waals surface area contributed by atoms with Crippen LogP contribution >= 0.6 is 11.3 Å². The van der Waals surface area contributed by atoms with E-state index in [1.807, 2.05) is 0 Å². The zero-order valence-electron chi connectivity index (χ0n) is 16.6. The van der Waals surface area contributed by atoms with Crippen LogP contribution in [0.5, 0.6) is 5.75 Å². The number of halogens is 1. The van der Waals surface area contributed by atoms with Crippen LogP contribution in [0, 0.1) is 5.82 Å². The maximum Gasteiger partial charge on any atom is 0.243 e. The zero-order chi connectivity index (χ0) is 22.6. The average Bonchev–Trinajstić information content (AvgIpc) is 3.16. The minimum absolute atomic E-state index is 0.0331. The molecular weight excluding hydrogens is 443 g/mol. The molecule has 0 spiro atoms. The van der Waals surface area contributed by atoms with Gasteiger partial charge in [0.2, 0.25) is 15.9 Å². The van der Waals surface area contributed by atoms with Crippen molar-refractivity contribution in [2.75, 3.05) is 7.11 Å². The summed E-state index contributed by atoms with van der Waals surface area (Å²) in [5.41, 5.74) is 3.80. The van der Waals surface area contributed by atoms with Gasteiger partial charge < -0.3 is 4.74 Å². The normalized spacial score (nSPS) is 11.4. The molecule has 0 radical (unpaired) electrons. The van der Waals surface area contributed by atoms with Crippen LogP contribution in [0.1, 0.15) is 17.7 Å². The maximum atomic E-state index is 14.5. The number of methoxy groups -OCH3 is 1. The fourth-order valence-electron chi connectivity index (χ4n) is 3.32. The molecule has 31 heavy (non-hydrogen) atoms. The van der Waals surface area contributed by atoms with E-state index in [4.69, 9.17) is 15.1 Å². The summed E-state index contributed by atoms with van der Waals surface area (Å²) in [6.45, 7) is 0. The number of primary sulfonamides is 1. The number of nitrogens with two attached hydrogens (primary N) is 1. The number of sulfonamides is 1. The molecule has 0 aliphatic rings. The third-order valence-corrected chi connectivity index (χ3v) is 6.74. The highest BCUT2D eigenvalue weighted by Gasteiger charge is 2.22. The van der Waals surface area contributed by atoms with Gasteiger partial charge in [0.1, 0.15) is 0 Å². The molecule has 0 saturated heterocycles. The zero-order valence-corrected chi connectivity index (χ0v) is 18.2. The first-order valence-electron chi connectivity index (χ1n) is 9.25. The summed E-state index contributed by atoms with van der Waals surface area (Å²) in [6.07, 6.45) is 1.02. The first-order valence-corrected chi connectivity index (χ1v) is 11.7. The number of carbonyl (C=O) groups excluding carboxylic acids is 1. The molecule has 3 aromatic rings. The summed E-state index contributed by atoms with van der Waals surface area (Å²) in [7, 11) is -2.62. The molecule has 0 unspecified atom stereocenters. The molecule has 0 saturated carbocycles. The van der Waals surface area contributed by atoms with Crippen LogP contribution in [0.15, 0.2) is 52.7 Å². The Morgan fingerprint density at radius 1 is 1.23 bits per heavy atom. The van der Waals surface area contributed by atoms with Gasteiger partial charge >= 0.3 is 0 Å². The monoisotopic (exact) mass is 464 g/mol. The topological polar surface area (TPSA) is 119 Å². The molecule has 0 aliphatic heterocycles. The maximum absolute atomic E-state index is 14.5. The number of hydrogen-bond acceptors (Lipinski definition) is 6. The second kappa shape index (κ2) is 9.56. The standard InChI is InChI=1S/C21H21FN2O5S2/c1-29-17-10-9-13(11-16(17)22)21-15(12-30-18(21)6-4-8-20(25)24-26)14-5-2-3-7-19(14)31(23,27)28/h2-3,5,7,9-12,26H,4,6,8H2,1H3,(H,24,25)(H2,23,27,28). The third kappa shape index (κ3) is 5.10. The predicted molar refractivity (Wildman–Crippen MR) is 116 cm³/mol. The van der Waals surface area contributed by atoms with Gasteiger partial charge in [0.25, 0.3) is 0 Å². The third-order valence-electron chi connectivity index (χ3n) is 4.72. The highest BCUT2D eigenvalue weighted by Crippen LogP contribution is 2.42. The van der Waals surface area contributed by atoms with Crippen LogP contribution < -0.4 is 15.4 Å². The van der Waals surface area contributed by atoms with Gasteiger partial charge in [-0.1, -0.05) is 24.3 Å². The minimum atomic E-state index is -3.99. The van der Waals surface area contributed by atoms with Crippen LogP contribution in [-0.4, -0.2) is 26.6 Å². The van der Waals surface area contributed by atoms with Crippen molar-refractivity contribution in [3.63, 3.8) is 0 Å². The van der Waals surface area contributed by atoms with E-state index in [1.165, 1.54) is 36.6 Å². The van der Waals surface area contributed by atoms with Crippen molar-refractivity contribution < 1.29 is 27.5 Å². The van der Waals surface area contributed by atoms with Crippen molar-refractivity contribution in [3.8, 4) is 28.0 Å². The number of ether oxygens (including phenoxy) is 1. The van der Waals surface area contributed by atoms with E-state index < -0.39 is 21.7 Å². The Balaban J connectivity index is 2.15. The second-order valence-electron chi connectivity index (χ2n) is 6.73. The Morgan fingerprint density at radius 2 is 1.97 bits per heavy atom. The van der Waals surface area contributed by atoms with Crippen molar-refractivity contribution in [1.82, 2.24) is 5.48 Å². The molecule has 10 heteroatoms. The molecule has 0 bridgehead atoms. The Bertz CT molecular complexity index is 1210. The summed E-state index contributed by atoms with van der Waals surface area (Å²) in [5, 5.41) is 15.9. The number of carbonyl (C=O) groups is 1. The Hall–Kier alpha value is -2.79. The van der Waals surface area contributed by atoms with E-state index in [0.717, 1.165) is 4.88 Å². The molecule has 164 valence electrons. The molecule has 0 atom stereocenters. The lowest BCUT2D eigenvalue weighted by Crippen LogP contribution is -2.18. The smallest absolute Gasteiger partial charge is 0.243 e. The van der Waals surface area contributed by atoms with E-state index >= 15 is 0 Å². The second-order valence-corrected chi connectivity index (χ2v) is 9.22. The fraction of sp³-hybridized carbons (Fsp3) is 0.190. The Morgan fingerprint density at radius 3 is 2.61 bits per heavy atom. The quantitative estimate of drug-likeness (QED) is 0.347. The van der Waals surface area contributed by atoms with Crippen LogP contribution in [0.25, 0.3) is 22.3 Å². The van der Waals surface area contributed by atoms with Gasteiger partial charge in [-0.25, -0.2) is 23.4 Å². The molecule has 3 rings (SSSR count). The molecule has 1 amide bonds. The fourth-order valence-corrected chi connectivity index (χ4v) is 5.19. The largest absolute Gasteiger partial charge is 0.494 e. The summed E-state index contributed by atoms with van der Waals surface area (Å²) >= 11 is 1.38. The van der Waals surface area contributed by atoms with E-state index in [0.29, 0.717) is 35.1 Å². The SMILES string of the molecule is COc1ccc(-c2c(-c3ccccc3S(N)(=O)=O)csc2CCCC(=O)NO)cc1F. The van der Waals surface area contributed by atoms with E-state index in [2.05, 4.69) is 0 Å². The number of aryl methyl sites for hydroxylation is 1. The van der Waals surface area contributed by atoms with Gasteiger partial charge in [-0.3, -0.25) is 10.0 Å². The van der Waals surface area contributed by atoms with Crippen LogP contribution in [0.3, 0.4) is 0 Å². The van der Waals surface area contributed by atoms with Crippen LogP contribution in [0.2, 0.25) is 0 Å². The van der Waals surface area contributed by atoms with Gasteiger partial charge in [-0.2, -0.15) is 0 Å². The average molecular weight is 465 g/mol. The first kappa shape index (κ1) is 22.9. The van der Waals surface area contributed by atoms with Gasteiger partial charge in [-0.15, -0.1) is 11.3 Å². The predicted octanol–water partition coefficient (Wildman–Crippen LogP) is 3.71. The molecule has 7 nitrogen and oxygen atoms in total. The summed E-state index contributed by atoms with van der Waals surface area (Å²) in [5.74, 6) is -0.970. The van der Waals surface area contributed by atoms with Crippen molar-refractivity contribution in [1.29, 1.82) is 0 Å². The molecule has 1 aromatic heterocycles. The number of rotatable bonds is 8. The van der Waals surface area contributed by atoms with Crippen molar-refractivity contribution in [2.24, 2.45) is 5.14 Å². The number of nitrogens with one attached hydrogen (secondary N) is 1. The lowest BCUT2D eigenvalue weighted by Gasteiger charge is -2.12. The Labute approximate surface area is 183 Å². The molecule has 1 heterocycles. The van der Waals surface area contributed by atoms with Crippen LogP contribution in [-0.2, 0) is 21.2 Å². The number of hydroxylamine groups is 1. The van der Waals surface area contributed by atoms with Crippen LogP contribution in [0.4, 0.5) is 4.39 Å². The lowest BCUT2D eigenvalue weighted by atomic mass is 9.95. The van der Waals surface area contributed by atoms with Gasteiger partial charge in [0.05, 0.1) is 12.0 Å². The van der Waals surface area contributed by atoms with Gasteiger partial charge in [0, 0.05) is 28.0 Å². The number of hydrogen-bond donors (Lipinski definition) is 3. The number of benzene rings is 2. The molecular formula is C21H21FN2O5S2. The van der Waals surface area contributed by atoms with E-state index in [1.54, 1.807) is 35.1 Å². The summed E-state index contributed by atoms with van der Waals surface area (Å²) < 4.78 is 43.7. The molecule has 0 fully saturated rings. The highest BCUT2D eigenvalue weighted by atomic mass is 32.2. The molecule has 0 aliphatic carbocycles. The van der Waals surface area contributed by atoms with Crippen molar-refractivity contribution in [3.05, 3.63) is 58.5 Å². The molecule has 4 N–H and O–H groups in total. The van der Waals surface area contributed by atoms with Crippen molar-refractivity contribution >= 4 is 27.3 Å². The van der Waals surface area contributed by atoms with Gasteiger partial charge in [0.15, 0.2) is 11.6 Å². The number of thiophene rings is 1. The number of amides is 1. The highest BCUT2D eigenvalue weighted by molar-refractivity contribution is 7.89. The lowest BCUT2D eigenvalue weighted by molar-refractivity contribution is -0.129. The van der Waals surface area contributed by atoms with Crippen molar-refractivity contribution in [2.45, 2.75) is 24.2 Å². The van der Waals surface area contributed by atoms with E-state index in [9.17, 15) is 17.6 Å². The summed E-state index contributed by atoms with van der Waals surface area (Å²) in [6, 6.07) is 10.9. The summed E-state index contributed by atoms with van der Waals surface area (Å²) in [4.78, 5) is 12.2. The van der Waals surface area contributed by atoms with E-state index in [-0.39, 0.29) is 17.1 Å². The molecule has 2 aromatic carbocycles. The van der Waals surface area contributed by atoms with Gasteiger partial charge in [-0.05, 0) is 42.0 Å². The Kier molecular flexibility index (Phi) is 7.06. The minimum Gasteiger partial charge on any atom is -0.494 e. The first-order chi connectivity index (χ1) is 14.8.